The second kappa shape index (κ2) is 9.27. The molecule has 3 aromatic heterocycles. The van der Waals surface area contributed by atoms with E-state index < -0.39 is 5.97 Å². The molecule has 0 aliphatic rings. The molecule has 0 bridgehead atoms. The molecule has 1 aromatic carbocycles. The SMILES string of the molecule is COc1ccc(OCc2cc(C(=O)OCc3cc(=O)n4cc(Br)ccc4n3)c(C)o2)cc1. The molecule has 0 amide bonds. The van der Waals surface area contributed by atoms with Crippen molar-refractivity contribution in [1.29, 1.82) is 0 Å². The van der Waals surface area contributed by atoms with E-state index in [0.29, 0.717) is 34.2 Å². The quantitative estimate of drug-likeness (QED) is 0.350. The predicted molar refractivity (Wildman–Crippen MR) is 119 cm³/mol. The Labute approximate surface area is 191 Å². The van der Waals surface area contributed by atoms with Gasteiger partial charge in [-0.1, -0.05) is 0 Å². The van der Waals surface area contributed by atoms with E-state index >= 15 is 0 Å². The van der Waals surface area contributed by atoms with Crippen LogP contribution in [0.3, 0.4) is 0 Å². The monoisotopic (exact) mass is 498 g/mol. The van der Waals surface area contributed by atoms with Crippen LogP contribution in [0.25, 0.3) is 5.65 Å². The molecule has 164 valence electrons. The lowest BCUT2D eigenvalue weighted by molar-refractivity contribution is 0.0465. The second-order valence-corrected chi connectivity index (χ2v) is 7.80. The Kier molecular flexibility index (Phi) is 6.27. The highest BCUT2D eigenvalue weighted by Gasteiger charge is 2.17. The third-order valence-electron chi connectivity index (χ3n) is 4.66. The molecule has 0 spiro atoms. The average molecular weight is 499 g/mol. The molecule has 9 heteroatoms. The number of carbonyl (C=O) groups excluding carboxylic acids is 1. The highest BCUT2D eigenvalue weighted by molar-refractivity contribution is 9.10. The fraction of sp³-hybridized carbons (Fsp3) is 0.174. The molecule has 0 saturated heterocycles. The summed E-state index contributed by atoms with van der Waals surface area (Å²) in [5.74, 6) is 1.70. The highest BCUT2D eigenvalue weighted by atomic mass is 79.9. The molecular weight excluding hydrogens is 480 g/mol. The number of furan rings is 1. The number of pyridine rings is 1. The van der Waals surface area contributed by atoms with Gasteiger partial charge >= 0.3 is 5.97 Å². The third kappa shape index (κ3) is 4.83. The van der Waals surface area contributed by atoms with Crippen molar-refractivity contribution in [3.63, 3.8) is 0 Å². The Bertz CT molecular complexity index is 1330. The van der Waals surface area contributed by atoms with Gasteiger partial charge in [0.25, 0.3) is 5.56 Å². The molecule has 32 heavy (non-hydrogen) atoms. The van der Waals surface area contributed by atoms with Gasteiger partial charge < -0.3 is 18.6 Å². The zero-order valence-electron chi connectivity index (χ0n) is 17.3. The first-order chi connectivity index (χ1) is 15.4. The van der Waals surface area contributed by atoms with E-state index in [9.17, 15) is 9.59 Å². The van der Waals surface area contributed by atoms with Crippen LogP contribution in [0, 0.1) is 6.92 Å². The number of hydrogen-bond donors (Lipinski definition) is 0. The number of carbonyl (C=O) groups is 1. The van der Waals surface area contributed by atoms with Crippen molar-refractivity contribution in [2.24, 2.45) is 0 Å². The third-order valence-corrected chi connectivity index (χ3v) is 5.13. The van der Waals surface area contributed by atoms with E-state index in [1.165, 1.54) is 10.5 Å². The summed E-state index contributed by atoms with van der Waals surface area (Å²) in [6.45, 7) is 1.69. The topological polar surface area (TPSA) is 92.3 Å². The molecule has 4 rings (SSSR count). The molecule has 0 atom stereocenters. The first kappa shape index (κ1) is 21.6. The van der Waals surface area contributed by atoms with Crippen molar-refractivity contribution in [3.8, 4) is 11.5 Å². The van der Waals surface area contributed by atoms with Crippen LogP contribution in [0.1, 0.15) is 27.6 Å². The minimum atomic E-state index is -0.570. The van der Waals surface area contributed by atoms with E-state index in [-0.39, 0.29) is 18.8 Å². The maximum absolute atomic E-state index is 12.5. The van der Waals surface area contributed by atoms with Crippen LogP contribution in [0.15, 0.2) is 68.4 Å². The molecule has 0 fully saturated rings. The summed E-state index contributed by atoms with van der Waals surface area (Å²) in [5.41, 5.74) is 0.846. The lowest BCUT2D eigenvalue weighted by Gasteiger charge is -2.06. The molecule has 0 radical (unpaired) electrons. The number of esters is 1. The summed E-state index contributed by atoms with van der Waals surface area (Å²) in [7, 11) is 1.59. The van der Waals surface area contributed by atoms with Crippen molar-refractivity contribution >= 4 is 27.5 Å². The number of ether oxygens (including phenoxy) is 3. The number of rotatable bonds is 7. The van der Waals surface area contributed by atoms with Crippen molar-refractivity contribution in [1.82, 2.24) is 9.38 Å². The number of aromatic nitrogens is 2. The van der Waals surface area contributed by atoms with Gasteiger partial charge in [0.15, 0.2) is 0 Å². The van der Waals surface area contributed by atoms with Crippen LogP contribution < -0.4 is 15.0 Å². The average Bonchev–Trinajstić information content (AvgIpc) is 3.17. The van der Waals surface area contributed by atoms with E-state index in [4.69, 9.17) is 18.6 Å². The summed E-state index contributed by atoms with van der Waals surface area (Å²) in [6, 6.07) is 13.5. The van der Waals surface area contributed by atoms with Crippen molar-refractivity contribution in [2.75, 3.05) is 7.11 Å². The van der Waals surface area contributed by atoms with Gasteiger partial charge in [-0.05, 0) is 65.3 Å². The fourth-order valence-corrected chi connectivity index (χ4v) is 3.40. The Hall–Kier alpha value is -3.59. The van der Waals surface area contributed by atoms with E-state index in [1.807, 2.05) is 0 Å². The van der Waals surface area contributed by atoms with E-state index in [2.05, 4.69) is 20.9 Å². The molecule has 0 aliphatic heterocycles. The Morgan fingerprint density at radius 2 is 1.84 bits per heavy atom. The zero-order chi connectivity index (χ0) is 22.7. The molecule has 3 heterocycles. The van der Waals surface area contributed by atoms with Gasteiger partial charge in [0, 0.05) is 16.7 Å². The maximum atomic E-state index is 12.5. The number of methoxy groups -OCH3 is 1. The van der Waals surface area contributed by atoms with Crippen LogP contribution >= 0.6 is 15.9 Å². The number of aryl methyl sites for hydroxylation is 1. The van der Waals surface area contributed by atoms with Crippen molar-refractivity contribution < 1.29 is 23.4 Å². The van der Waals surface area contributed by atoms with Gasteiger partial charge in [-0.2, -0.15) is 0 Å². The van der Waals surface area contributed by atoms with Crippen LogP contribution in [-0.4, -0.2) is 22.5 Å². The Morgan fingerprint density at radius 3 is 2.59 bits per heavy atom. The number of fused-ring (bicyclic) bond motifs is 1. The first-order valence-corrected chi connectivity index (χ1v) is 10.4. The minimum absolute atomic E-state index is 0.136. The normalized spacial score (nSPS) is 10.8. The summed E-state index contributed by atoms with van der Waals surface area (Å²) in [6.07, 6.45) is 1.63. The van der Waals surface area contributed by atoms with E-state index in [1.54, 1.807) is 62.7 Å². The maximum Gasteiger partial charge on any atom is 0.342 e. The van der Waals surface area contributed by atoms with Crippen molar-refractivity contribution in [3.05, 3.63) is 92.3 Å². The molecule has 0 aliphatic carbocycles. The van der Waals surface area contributed by atoms with Crippen LogP contribution in [0.5, 0.6) is 11.5 Å². The van der Waals surface area contributed by atoms with Gasteiger partial charge in [-0.3, -0.25) is 9.20 Å². The number of hydrogen-bond acceptors (Lipinski definition) is 7. The van der Waals surface area contributed by atoms with Gasteiger partial charge in [-0.15, -0.1) is 0 Å². The Morgan fingerprint density at radius 1 is 1.09 bits per heavy atom. The van der Waals surface area contributed by atoms with Crippen molar-refractivity contribution in [2.45, 2.75) is 20.1 Å². The zero-order valence-corrected chi connectivity index (χ0v) is 18.9. The van der Waals surface area contributed by atoms with Crippen LogP contribution in [0.2, 0.25) is 0 Å². The van der Waals surface area contributed by atoms with Gasteiger partial charge in [0.05, 0.1) is 12.8 Å². The second-order valence-electron chi connectivity index (χ2n) is 6.88. The summed E-state index contributed by atoms with van der Waals surface area (Å²) < 4.78 is 23.9. The summed E-state index contributed by atoms with van der Waals surface area (Å²) in [5, 5.41) is 0. The molecule has 8 nitrogen and oxygen atoms in total. The smallest absolute Gasteiger partial charge is 0.342 e. The van der Waals surface area contributed by atoms with Gasteiger partial charge in [-0.25, -0.2) is 9.78 Å². The van der Waals surface area contributed by atoms with Gasteiger partial charge in [0.2, 0.25) is 0 Å². The molecule has 4 aromatic rings. The molecular formula is C23H19BrN2O6. The lowest BCUT2D eigenvalue weighted by atomic mass is 10.2. The summed E-state index contributed by atoms with van der Waals surface area (Å²) >= 11 is 3.32. The fourth-order valence-electron chi connectivity index (χ4n) is 3.06. The standard InChI is InChI=1S/C23H19BrN2O6/c1-14-20(10-19(32-14)13-30-18-6-4-17(29-2)5-7-18)23(28)31-12-16-9-22(27)26-11-15(24)3-8-21(26)25-16/h3-11H,12-13H2,1-2H3. The Balaban J connectivity index is 1.40. The van der Waals surface area contributed by atoms with Gasteiger partial charge in [0.1, 0.15) is 47.4 Å². The predicted octanol–water partition coefficient (Wildman–Crippen LogP) is 4.30. The van der Waals surface area contributed by atoms with Crippen LogP contribution in [0.4, 0.5) is 0 Å². The number of nitrogens with zero attached hydrogens (tertiary/aromatic N) is 2. The number of benzene rings is 1. The largest absolute Gasteiger partial charge is 0.497 e. The van der Waals surface area contributed by atoms with Crippen LogP contribution in [-0.2, 0) is 18.0 Å². The minimum Gasteiger partial charge on any atom is -0.497 e. The summed E-state index contributed by atoms with van der Waals surface area (Å²) in [4.78, 5) is 29.2. The highest BCUT2D eigenvalue weighted by Crippen LogP contribution is 2.21. The number of halogens is 1. The molecule has 0 unspecified atom stereocenters. The van der Waals surface area contributed by atoms with E-state index in [0.717, 1.165) is 10.2 Å². The molecule has 0 N–H and O–H groups in total. The first-order valence-electron chi connectivity index (χ1n) is 9.64. The lowest BCUT2D eigenvalue weighted by Crippen LogP contribution is -2.16. The molecule has 0 saturated carbocycles.